The molecule has 0 radical (unpaired) electrons. The summed E-state index contributed by atoms with van der Waals surface area (Å²) in [6.07, 6.45) is 101. The average Bonchev–Trinajstić information content (AvgIpc) is 3.38. The number of carboxylic acid groups (broad SMARTS) is 1. The van der Waals surface area contributed by atoms with Gasteiger partial charge in [-0.25, -0.2) is 0 Å². The number of allylic oxidation sites excluding steroid dienone is 18. The maximum absolute atomic E-state index is 12.9. The van der Waals surface area contributed by atoms with Crippen LogP contribution in [0.4, 0.5) is 0 Å². The lowest BCUT2D eigenvalue weighted by Gasteiger charge is -2.26. The van der Waals surface area contributed by atoms with Gasteiger partial charge in [0.2, 0.25) is 0 Å². The molecule has 9 nitrogen and oxygen atoms in total. The van der Waals surface area contributed by atoms with Gasteiger partial charge in [-0.3, -0.25) is 9.59 Å². The Labute approximate surface area is 575 Å². The van der Waals surface area contributed by atoms with E-state index in [9.17, 15) is 19.5 Å². The first kappa shape index (κ1) is 89.0. The van der Waals surface area contributed by atoms with Gasteiger partial charge in [-0.2, -0.15) is 0 Å². The summed E-state index contributed by atoms with van der Waals surface area (Å²) >= 11 is 0. The van der Waals surface area contributed by atoms with Gasteiger partial charge < -0.3 is 33.3 Å². The summed E-state index contributed by atoms with van der Waals surface area (Å²) in [7, 11) is 5.92. The molecule has 0 rings (SSSR count). The molecule has 0 fully saturated rings. The number of ether oxygens (including phenoxy) is 4. The third-order valence-corrected chi connectivity index (χ3v) is 17.0. The first-order chi connectivity index (χ1) is 45.6. The predicted octanol–water partition coefficient (Wildman–Crippen LogP) is 23.6. The number of esters is 2. The van der Waals surface area contributed by atoms with Gasteiger partial charge >= 0.3 is 11.9 Å². The third-order valence-electron chi connectivity index (χ3n) is 17.0. The lowest BCUT2D eigenvalue weighted by molar-refractivity contribution is -0.870. The average molecular weight is 1300 g/mol. The second-order valence-electron chi connectivity index (χ2n) is 27.3. The maximum Gasteiger partial charge on any atom is 0.306 e. The zero-order chi connectivity index (χ0) is 67.5. The van der Waals surface area contributed by atoms with Gasteiger partial charge in [-0.05, 0) is 103 Å². The molecular weight excluding hydrogens is 1150 g/mol. The van der Waals surface area contributed by atoms with Crippen molar-refractivity contribution in [3.05, 3.63) is 109 Å². The van der Waals surface area contributed by atoms with E-state index in [0.717, 1.165) is 83.5 Å². The topological polar surface area (TPSA) is 111 Å². The Bertz CT molecular complexity index is 1900. The number of hydrogen-bond donors (Lipinski definition) is 0. The van der Waals surface area contributed by atoms with Crippen LogP contribution in [0, 0.1) is 0 Å². The molecule has 0 aromatic carbocycles. The number of aliphatic carboxylic acids is 1. The number of nitrogens with zero attached hydrogens (tertiary/aromatic N) is 1. The van der Waals surface area contributed by atoms with Crippen LogP contribution >= 0.6 is 0 Å². The fraction of sp³-hybridized carbons (Fsp3) is 0.750. The fourth-order valence-corrected chi connectivity index (χ4v) is 11.1. The molecule has 0 aliphatic rings. The molecule has 0 bridgehead atoms. The molecule has 0 N–H and O–H groups in total. The summed E-state index contributed by atoms with van der Waals surface area (Å²) in [5.74, 6) is -2.34. The normalized spacial score (nSPS) is 13.3. The van der Waals surface area contributed by atoms with Gasteiger partial charge in [0.15, 0.2) is 12.4 Å². The van der Waals surface area contributed by atoms with Crippen LogP contribution < -0.4 is 5.11 Å². The predicted molar refractivity (Wildman–Crippen MR) is 398 cm³/mol. The van der Waals surface area contributed by atoms with Crippen molar-refractivity contribution in [3.63, 3.8) is 0 Å². The van der Waals surface area contributed by atoms with Crippen LogP contribution in [0.3, 0.4) is 0 Å². The summed E-state index contributed by atoms with van der Waals surface area (Å²) < 4.78 is 22.8. The molecule has 0 heterocycles. The molecule has 0 aliphatic carbocycles. The molecule has 0 aliphatic heterocycles. The highest BCUT2D eigenvalue weighted by atomic mass is 16.7. The lowest BCUT2D eigenvalue weighted by Crippen LogP contribution is -2.44. The Kier molecular flexibility index (Phi) is 70.5. The standard InChI is InChI=1S/C84H147NO8/c1-6-8-10-12-14-16-18-20-22-24-26-28-30-32-34-35-36-37-38-39-40-41-42-43-44-45-46-47-49-50-52-54-56-58-60-62-64-66-68-70-72-74-81(86)91-78-80(79-92-84(83(88)89)90-77-76-85(3,4)5)93-82(87)75-73-71-69-67-65-63-61-59-57-55-53-51-48-33-31-29-27-25-23-21-19-17-15-13-11-9-7-2/h9,11,15,17,21,23-24,26-27,29,33,48,53,55,59,61,65,67,80,84H,6-8,10,12-14,16,18-20,22,25,28,30-32,34-47,49-52,54,56-58,60,62-64,66,68-79H2,1-5H3/b11-9-,17-15-,23-21-,26-24-,29-27-,48-33-,55-53-,61-59-,67-65-. The molecule has 9 heteroatoms. The highest BCUT2D eigenvalue weighted by Crippen LogP contribution is 2.19. The van der Waals surface area contributed by atoms with E-state index in [2.05, 4.69) is 123 Å². The van der Waals surface area contributed by atoms with Crippen molar-refractivity contribution in [1.29, 1.82) is 0 Å². The van der Waals surface area contributed by atoms with Crippen molar-refractivity contribution in [2.24, 2.45) is 0 Å². The number of likely N-dealkylation sites (N-methyl/N-ethyl adjacent to an activating group) is 1. The van der Waals surface area contributed by atoms with E-state index >= 15 is 0 Å². The van der Waals surface area contributed by atoms with Crippen LogP contribution in [0.2, 0.25) is 0 Å². The van der Waals surface area contributed by atoms with E-state index in [4.69, 9.17) is 18.9 Å². The molecule has 0 spiro atoms. The van der Waals surface area contributed by atoms with Gasteiger partial charge in [-0.1, -0.05) is 342 Å². The third kappa shape index (κ3) is 75.2. The molecule has 2 atom stereocenters. The zero-order valence-electron chi connectivity index (χ0n) is 61.4. The second kappa shape index (κ2) is 73.8. The van der Waals surface area contributed by atoms with Gasteiger partial charge in [0.05, 0.1) is 40.3 Å². The first-order valence-corrected chi connectivity index (χ1v) is 39.0. The molecular formula is C84H147NO8. The molecule has 0 saturated carbocycles. The maximum atomic E-state index is 12.9. The van der Waals surface area contributed by atoms with Crippen LogP contribution in [0.25, 0.3) is 0 Å². The quantitative estimate of drug-likeness (QED) is 0.0195. The van der Waals surface area contributed by atoms with Gasteiger partial charge in [-0.15, -0.1) is 0 Å². The summed E-state index contributed by atoms with van der Waals surface area (Å²) in [5.41, 5.74) is 0. The number of carbonyl (C=O) groups excluding carboxylic acids is 3. The minimum Gasteiger partial charge on any atom is -0.545 e. The molecule has 0 aromatic heterocycles. The van der Waals surface area contributed by atoms with Crippen LogP contribution in [0.15, 0.2) is 109 Å². The fourth-order valence-electron chi connectivity index (χ4n) is 11.1. The minimum atomic E-state index is -1.64. The van der Waals surface area contributed by atoms with Gasteiger partial charge in [0, 0.05) is 12.8 Å². The van der Waals surface area contributed by atoms with Crippen molar-refractivity contribution >= 4 is 17.9 Å². The highest BCUT2D eigenvalue weighted by Gasteiger charge is 2.22. The number of carboxylic acids is 1. The monoisotopic (exact) mass is 1300 g/mol. The molecule has 0 aromatic rings. The summed E-state index contributed by atoms with van der Waals surface area (Å²) in [6, 6.07) is 0. The number of quaternary nitrogens is 1. The van der Waals surface area contributed by atoms with Crippen molar-refractivity contribution < 1.29 is 42.9 Å². The van der Waals surface area contributed by atoms with Crippen molar-refractivity contribution in [2.75, 3.05) is 47.5 Å². The lowest BCUT2D eigenvalue weighted by atomic mass is 10.0. The van der Waals surface area contributed by atoms with Crippen LogP contribution in [-0.4, -0.2) is 82.3 Å². The van der Waals surface area contributed by atoms with Gasteiger partial charge in [0.25, 0.3) is 0 Å². The van der Waals surface area contributed by atoms with E-state index in [1.165, 1.54) is 231 Å². The van der Waals surface area contributed by atoms with Gasteiger partial charge in [0.1, 0.15) is 13.2 Å². The molecule has 93 heavy (non-hydrogen) atoms. The van der Waals surface area contributed by atoms with E-state index in [0.29, 0.717) is 17.4 Å². The highest BCUT2D eigenvalue weighted by molar-refractivity contribution is 5.70. The minimum absolute atomic E-state index is 0.135. The van der Waals surface area contributed by atoms with Crippen molar-refractivity contribution in [1.82, 2.24) is 0 Å². The van der Waals surface area contributed by atoms with Crippen LogP contribution in [0.5, 0.6) is 0 Å². The Morgan fingerprint density at radius 1 is 0.333 bits per heavy atom. The van der Waals surface area contributed by atoms with E-state index < -0.39 is 24.3 Å². The molecule has 0 amide bonds. The second-order valence-corrected chi connectivity index (χ2v) is 27.3. The number of rotatable bonds is 72. The summed E-state index contributed by atoms with van der Waals surface area (Å²) in [6.45, 7) is 4.61. The number of carbonyl (C=O) groups is 3. The van der Waals surface area contributed by atoms with E-state index in [1.807, 2.05) is 21.1 Å². The molecule has 0 saturated heterocycles. The van der Waals surface area contributed by atoms with Crippen molar-refractivity contribution in [2.45, 2.75) is 360 Å². The Morgan fingerprint density at radius 2 is 0.613 bits per heavy atom. The van der Waals surface area contributed by atoms with E-state index in [1.54, 1.807) is 0 Å². The first-order valence-electron chi connectivity index (χ1n) is 39.0. The van der Waals surface area contributed by atoms with Crippen molar-refractivity contribution in [3.8, 4) is 0 Å². The van der Waals surface area contributed by atoms with Crippen LogP contribution in [0.1, 0.15) is 348 Å². The largest absolute Gasteiger partial charge is 0.545 e. The van der Waals surface area contributed by atoms with Crippen LogP contribution in [-0.2, 0) is 33.3 Å². The summed E-state index contributed by atoms with van der Waals surface area (Å²) in [4.78, 5) is 37.5. The zero-order valence-corrected chi connectivity index (χ0v) is 61.4. The van der Waals surface area contributed by atoms with E-state index in [-0.39, 0.29) is 38.6 Å². The number of unbranched alkanes of at least 4 members (excludes halogenated alkanes) is 39. The number of hydrogen-bond acceptors (Lipinski definition) is 8. The Morgan fingerprint density at radius 3 is 0.946 bits per heavy atom. The SMILES string of the molecule is CC/C=C\C/C=C\C/C=C\C/C=C\C/C=C\C/C=C\C/C=C\C/C=C\CCCCC(=O)OC(COC(=O)CCCCCCCCCCCCCCCCCCCCCCCCCCCCCCC/C=C\CCCCCCCCCC)COC(OCC[N+](C)(C)C)C(=O)[O-]. The molecule has 2 unspecified atom stereocenters. The smallest absolute Gasteiger partial charge is 0.306 e. The summed E-state index contributed by atoms with van der Waals surface area (Å²) in [5, 5.41) is 11.8. The Balaban J connectivity index is 4.03. The Hall–Kier alpha value is -4.05. The molecule has 536 valence electrons.